The fraction of sp³-hybridized carbons (Fsp3) is 0.393. The summed E-state index contributed by atoms with van der Waals surface area (Å²) in [5.41, 5.74) is 4.58. The molecule has 0 bridgehead atoms. The summed E-state index contributed by atoms with van der Waals surface area (Å²) in [5, 5.41) is 14.9. The second-order valence-electron chi connectivity index (χ2n) is 9.24. The number of nitrogens with one attached hydrogen (secondary N) is 2. The lowest BCUT2D eigenvalue weighted by Gasteiger charge is -2.26. The summed E-state index contributed by atoms with van der Waals surface area (Å²) in [7, 11) is 0. The maximum atomic E-state index is 13.0. The minimum absolute atomic E-state index is 0.0448. The van der Waals surface area contributed by atoms with Crippen LogP contribution in [0.4, 0.5) is 4.79 Å². The number of rotatable bonds is 8. The molecule has 0 aliphatic heterocycles. The third-order valence-electron chi connectivity index (χ3n) is 7.02. The molecule has 3 atom stereocenters. The minimum atomic E-state index is -1.10. The number of hydrogen-bond acceptors (Lipinski definition) is 4. The first-order valence-corrected chi connectivity index (χ1v) is 12.2. The van der Waals surface area contributed by atoms with E-state index in [4.69, 9.17) is 4.74 Å². The van der Waals surface area contributed by atoms with E-state index in [1.54, 1.807) is 0 Å². The van der Waals surface area contributed by atoms with E-state index in [9.17, 15) is 19.5 Å². The largest absolute Gasteiger partial charge is 0.480 e. The van der Waals surface area contributed by atoms with Gasteiger partial charge in [-0.05, 0) is 41.5 Å². The van der Waals surface area contributed by atoms with Crippen molar-refractivity contribution in [2.24, 2.45) is 5.92 Å². The average molecular weight is 477 g/mol. The van der Waals surface area contributed by atoms with Gasteiger partial charge in [0.25, 0.3) is 0 Å². The Balaban J connectivity index is 1.41. The third kappa shape index (κ3) is 5.56. The predicted octanol–water partition coefficient (Wildman–Crippen LogP) is 4.62. The van der Waals surface area contributed by atoms with Crippen LogP contribution in [0.2, 0.25) is 0 Å². The minimum Gasteiger partial charge on any atom is -0.480 e. The molecule has 2 aromatic rings. The summed E-state index contributed by atoms with van der Waals surface area (Å²) in [5.74, 6) is -2.01. The van der Waals surface area contributed by atoms with Crippen LogP contribution >= 0.6 is 0 Å². The smallest absolute Gasteiger partial charge is 0.407 e. The number of fused-ring (bicyclic) bond motifs is 3. The highest BCUT2D eigenvalue weighted by Crippen LogP contribution is 2.44. The van der Waals surface area contributed by atoms with E-state index in [1.807, 2.05) is 24.3 Å². The number of ether oxygens (including phenoxy) is 1. The van der Waals surface area contributed by atoms with Crippen molar-refractivity contribution in [3.05, 3.63) is 72.3 Å². The molecular formula is C28H32N2O5. The van der Waals surface area contributed by atoms with Crippen LogP contribution in [-0.4, -0.2) is 41.8 Å². The molecule has 0 saturated heterocycles. The van der Waals surface area contributed by atoms with Gasteiger partial charge in [-0.2, -0.15) is 0 Å². The number of carboxylic acids is 1. The van der Waals surface area contributed by atoms with Crippen LogP contribution in [0.5, 0.6) is 0 Å². The second kappa shape index (κ2) is 11.2. The van der Waals surface area contributed by atoms with Gasteiger partial charge in [0.15, 0.2) is 0 Å². The van der Waals surface area contributed by atoms with Crippen molar-refractivity contribution in [1.29, 1.82) is 0 Å². The number of amides is 2. The molecule has 0 heterocycles. The highest BCUT2D eigenvalue weighted by Gasteiger charge is 2.34. The van der Waals surface area contributed by atoms with Crippen LogP contribution in [0.25, 0.3) is 11.1 Å². The highest BCUT2D eigenvalue weighted by molar-refractivity contribution is 5.86. The van der Waals surface area contributed by atoms with Crippen molar-refractivity contribution in [3.8, 4) is 11.1 Å². The molecule has 2 amide bonds. The average Bonchev–Trinajstić information content (AvgIpc) is 2.98. The Morgan fingerprint density at radius 2 is 1.63 bits per heavy atom. The Morgan fingerprint density at radius 1 is 1.00 bits per heavy atom. The van der Waals surface area contributed by atoms with Crippen LogP contribution < -0.4 is 10.6 Å². The molecule has 2 aromatic carbocycles. The molecule has 2 aliphatic rings. The van der Waals surface area contributed by atoms with Gasteiger partial charge in [-0.15, -0.1) is 6.58 Å². The summed E-state index contributed by atoms with van der Waals surface area (Å²) in [6, 6.07) is 14.8. The SMILES string of the molecule is C=CCC(NC(=O)[C@H]1CCCCC[C@H]1NC(=O)OCC1c2ccccc2-c2ccccc21)C(=O)O. The third-order valence-corrected chi connectivity index (χ3v) is 7.02. The quantitative estimate of drug-likeness (QED) is 0.381. The number of alkyl carbamates (subject to hydrolysis) is 1. The molecule has 2 aliphatic carbocycles. The van der Waals surface area contributed by atoms with E-state index < -0.39 is 30.1 Å². The van der Waals surface area contributed by atoms with Gasteiger partial charge < -0.3 is 20.5 Å². The zero-order valence-corrected chi connectivity index (χ0v) is 19.7. The number of carbonyl (C=O) groups is 3. The molecule has 7 nitrogen and oxygen atoms in total. The van der Waals surface area contributed by atoms with Gasteiger partial charge in [0.1, 0.15) is 12.6 Å². The molecule has 1 saturated carbocycles. The normalized spacial score (nSPS) is 20.0. The van der Waals surface area contributed by atoms with Gasteiger partial charge in [-0.25, -0.2) is 9.59 Å². The Morgan fingerprint density at radius 3 is 2.26 bits per heavy atom. The summed E-state index contributed by atoms with van der Waals surface area (Å²) < 4.78 is 5.68. The number of hydrogen-bond donors (Lipinski definition) is 3. The van der Waals surface area contributed by atoms with Gasteiger partial charge in [0.05, 0.1) is 5.92 Å². The predicted molar refractivity (Wildman–Crippen MR) is 133 cm³/mol. The zero-order chi connectivity index (χ0) is 24.8. The van der Waals surface area contributed by atoms with Crippen molar-refractivity contribution < 1.29 is 24.2 Å². The first-order chi connectivity index (χ1) is 17.0. The molecular weight excluding hydrogens is 444 g/mol. The van der Waals surface area contributed by atoms with Crippen LogP contribution in [0, 0.1) is 5.92 Å². The van der Waals surface area contributed by atoms with Crippen molar-refractivity contribution >= 4 is 18.0 Å². The standard InChI is InChI=1S/C28H32N2O5/c1-2-10-25(27(32)33)29-26(31)22-15-4-3-5-16-24(22)30-28(34)35-17-23-20-13-8-6-11-18(20)19-12-7-9-14-21(19)23/h2,6-9,11-14,22-25H,1,3-5,10,15-17H2,(H,29,31)(H,30,34)(H,32,33)/t22-,24+,25?/m0/s1. The molecule has 1 unspecified atom stereocenters. The monoisotopic (exact) mass is 476 g/mol. The number of carbonyl (C=O) groups excluding carboxylic acids is 2. The maximum Gasteiger partial charge on any atom is 0.407 e. The molecule has 7 heteroatoms. The first kappa shape index (κ1) is 24.5. The lowest BCUT2D eigenvalue weighted by atomic mass is 9.93. The summed E-state index contributed by atoms with van der Waals surface area (Å²) in [6.45, 7) is 3.76. The van der Waals surface area contributed by atoms with E-state index in [-0.39, 0.29) is 24.9 Å². The molecule has 3 N–H and O–H groups in total. The van der Waals surface area contributed by atoms with Crippen LogP contribution in [0.1, 0.15) is 55.6 Å². The zero-order valence-electron chi connectivity index (χ0n) is 19.7. The van der Waals surface area contributed by atoms with Crippen LogP contribution in [0.15, 0.2) is 61.2 Å². The maximum absolute atomic E-state index is 13.0. The first-order valence-electron chi connectivity index (χ1n) is 12.2. The Labute approximate surface area is 205 Å². The van der Waals surface area contributed by atoms with Gasteiger partial charge in [-0.3, -0.25) is 4.79 Å². The van der Waals surface area contributed by atoms with E-state index in [2.05, 4.69) is 41.5 Å². The molecule has 0 radical (unpaired) electrons. The molecule has 1 fully saturated rings. The second-order valence-corrected chi connectivity index (χ2v) is 9.24. The topological polar surface area (TPSA) is 105 Å². The van der Waals surface area contributed by atoms with Crippen molar-refractivity contribution in [1.82, 2.24) is 10.6 Å². The lowest BCUT2D eigenvalue weighted by molar-refractivity contribution is -0.142. The van der Waals surface area contributed by atoms with Crippen molar-refractivity contribution in [2.45, 2.75) is 56.5 Å². The summed E-state index contributed by atoms with van der Waals surface area (Å²) in [6.07, 6.45) is 4.96. The Bertz CT molecular complexity index is 1050. The molecule has 4 rings (SSSR count). The summed E-state index contributed by atoms with van der Waals surface area (Å²) in [4.78, 5) is 37.3. The van der Waals surface area contributed by atoms with E-state index >= 15 is 0 Å². The van der Waals surface area contributed by atoms with Gasteiger partial charge in [0.2, 0.25) is 5.91 Å². The van der Waals surface area contributed by atoms with Gasteiger partial charge in [-0.1, -0.05) is 73.9 Å². The molecule has 35 heavy (non-hydrogen) atoms. The highest BCUT2D eigenvalue weighted by atomic mass is 16.5. The fourth-order valence-corrected chi connectivity index (χ4v) is 5.25. The number of benzene rings is 2. The van der Waals surface area contributed by atoms with Gasteiger partial charge >= 0.3 is 12.1 Å². The van der Waals surface area contributed by atoms with Crippen molar-refractivity contribution in [2.75, 3.05) is 6.61 Å². The van der Waals surface area contributed by atoms with E-state index in [1.165, 1.54) is 6.08 Å². The lowest BCUT2D eigenvalue weighted by Crippen LogP contribution is -2.50. The number of aliphatic carboxylic acids is 1. The van der Waals surface area contributed by atoms with Crippen LogP contribution in [0.3, 0.4) is 0 Å². The summed E-state index contributed by atoms with van der Waals surface area (Å²) >= 11 is 0. The van der Waals surface area contributed by atoms with Crippen LogP contribution in [-0.2, 0) is 14.3 Å². The Kier molecular flexibility index (Phi) is 7.85. The molecule has 0 aromatic heterocycles. The fourth-order valence-electron chi connectivity index (χ4n) is 5.25. The van der Waals surface area contributed by atoms with Crippen molar-refractivity contribution in [3.63, 3.8) is 0 Å². The number of carboxylic acid groups (broad SMARTS) is 1. The molecule has 0 spiro atoms. The Hall–Kier alpha value is -3.61. The van der Waals surface area contributed by atoms with Gasteiger partial charge in [0, 0.05) is 12.0 Å². The van der Waals surface area contributed by atoms with E-state index in [0.717, 1.165) is 41.5 Å². The van der Waals surface area contributed by atoms with E-state index in [0.29, 0.717) is 12.8 Å². The molecule has 184 valence electrons.